The van der Waals surface area contributed by atoms with Crippen LogP contribution in [-0.2, 0) is 11.2 Å². The molecule has 0 saturated heterocycles. The average molecular weight is 220 g/mol. The second kappa shape index (κ2) is 10.4. The highest BCUT2D eigenvalue weighted by molar-refractivity contribution is 5.44. The Morgan fingerprint density at radius 2 is 1.81 bits per heavy atom. The van der Waals surface area contributed by atoms with Crippen molar-refractivity contribution in [2.45, 2.75) is 46.5 Å². The van der Waals surface area contributed by atoms with E-state index in [-0.39, 0.29) is 0 Å². The van der Waals surface area contributed by atoms with Gasteiger partial charge in [0.05, 0.1) is 0 Å². The summed E-state index contributed by atoms with van der Waals surface area (Å²) in [6, 6.07) is 10.8. The monoisotopic (exact) mass is 220 g/mol. The number of rotatable bonds is 5. The first-order chi connectivity index (χ1) is 7.74. The molecule has 0 aliphatic carbocycles. The van der Waals surface area contributed by atoms with E-state index in [0.29, 0.717) is 0 Å². The van der Waals surface area contributed by atoms with Crippen LogP contribution in [0.4, 0.5) is 0 Å². The van der Waals surface area contributed by atoms with Crippen LogP contribution in [0.25, 0.3) is 0 Å². The summed E-state index contributed by atoms with van der Waals surface area (Å²) in [5.74, 6) is 0.836. The van der Waals surface area contributed by atoms with Gasteiger partial charge in [-0.15, -0.1) is 0 Å². The molecule has 1 aromatic carbocycles. The minimum absolute atomic E-state index is 0.750. The first-order valence-electron chi connectivity index (χ1n) is 6.18. The molecule has 1 unspecified atom stereocenters. The number of aldehydes is 1. The van der Waals surface area contributed by atoms with Gasteiger partial charge in [0.1, 0.15) is 6.29 Å². The zero-order chi connectivity index (χ0) is 12.2. The molecule has 0 saturated carbocycles. The maximum Gasteiger partial charge on any atom is 0.116 e. The Hall–Kier alpha value is -1.11. The lowest BCUT2D eigenvalue weighted by atomic mass is 9.96. The van der Waals surface area contributed by atoms with E-state index in [1.165, 1.54) is 38.2 Å². The summed E-state index contributed by atoms with van der Waals surface area (Å²) < 4.78 is 0. The van der Waals surface area contributed by atoms with Gasteiger partial charge in [-0.3, -0.25) is 0 Å². The summed E-state index contributed by atoms with van der Waals surface area (Å²) >= 11 is 0. The molecule has 0 N–H and O–H groups in total. The van der Waals surface area contributed by atoms with E-state index in [9.17, 15) is 0 Å². The summed E-state index contributed by atoms with van der Waals surface area (Å²) in [7, 11) is 0. The smallest absolute Gasteiger partial charge is 0.116 e. The highest BCUT2D eigenvalue weighted by atomic mass is 16.1. The van der Waals surface area contributed by atoms with Crippen molar-refractivity contribution in [3.8, 4) is 0 Å². The standard InChI is InChI=1S/C13H20.C2H4O/c1-3-4-8-12(2)11-13-9-6-5-7-10-13;1-2-3/h5-7,9-10,12H,3-4,8,11H2,1-2H3;2H,1H3. The maximum absolute atomic E-state index is 8.81. The first kappa shape index (κ1) is 14.9. The Kier molecular flexibility index (Phi) is 9.69. The van der Waals surface area contributed by atoms with Crippen molar-refractivity contribution in [2.24, 2.45) is 5.92 Å². The van der Waals surface area contributed by atoms with Crippen LogP contribution in [0.5, 0.6) is 0 Å². The third-order valence-electron chi connectivity index (χ3n) is 2.48. The van der Waals surface area contributed by atoms with Gasteiger partial charge in [0.15, 0.2) is 0 Å². The van der Waals surface area contributed by atoms with Crippen molar-refractivity contribution in [1.82, 2.24) is 0 Å². The van der Waals surface area contributed by atoms with Gasteiger partial charge in [0.2, 0.25) is 0 Å². The van der Waals surface area contributed by atoms with E-state index < -0.39 is 0 Å². The summed E-state index contributed by atoms with van der Waals surface area (Å²) in [4.78, 5) is 8.81. The van der Waals surface area contributed by atoms with E-state index in [0.717, 1.165) is 12.2 Å². The van der Waals surface area contributed by atoms with Crippen LogP contribution in [0, 0.1) is 5.92 Å². The number of unbranched alkanes of at least 4 members (excludes halogenated alkanes) is 1. The summed E-state index contributed by atoms with van der Waals surface area (Å²) in [5, 5.41) is 0. The van der Waals surface area contributed by atoms with Crippen LogP contribution in [-0.4, -0.2) is 6.29 Å². The van der Waals surface area contributed by atoms with E-state index in [1.54, 1.807) is 0 Å². The minimum Gasteiger partial charge on any atom is -0.304 e. The normalized spacial score (nSPS) is 11.2. The Morgan fingerprint density at radius 3 is 2.31 bits per heavy atom. The Balaban J connectivity index is 0.000000673. The predicted molar refractivity (Wildman–Crippen MR) is 70.6 cm³/mol. The number of carbonyl (C=O) groups excluding carboxylic acids is 1. The van der Waals surface area contributed by atoms with Gasteiger partial charge in [-0.05, 0) is 24.8 Å². The zero-order valence-electron chi connectivity index (χ0n) is 10.8. The Morgan fingerprint density at radius 1 is 1.25 bits per heavy atom. The molecule has 0 aliphatic heterocycles. The molecule has 1 nitrogen and oxygen atoms in total. The van der Waals surface area contributed by atoms with Gasteiger partial charge in [-0.2, -0.15) is 0 Å². The van der Waals surface area contributed by atoms with Gasteiger partial charge < -0.3 is 4.79 Å². The van der Waals surface area contributed by atoms with E-state index in [4.69, 9.17) is 4.79 Å². The van der Waals surface area contributed by atoms with Gasteiger partial charge in [0.25, 0.3) is 0 Å². The quantitative estimate of drug-likeness (QED) is 0.678. The molecule has 1 aromatic rings. The molecule has 0 amide bonds. The van der Waals surface area contributed by atoms with E-state index >= 15 is 0 Å². The van der Waals surface area contributed by atoms with Gasteiger partial charge in [0, 0.05) is 0 Å². The lowest BCUT2D eigenvalue weighted by Crippen LogP contribution is -1.99. The molecule has 0 bridgehead atoms. The average Bonchev–Trinajstić information content (AvgIpc) is 2.29. The Bertz CT molecular complexity index is 253. The van der Waals surface area contributed by atoms with Crippen LogP contribution in [0.2, 0.25) is 0 Å². The van der Waals surface area contributed by atoms with Crippen LogP contribution in [0.1, 0.15) is 45.6 Å². The van der Waals surface area contributed by atoms with Crippen molar-refractivity contribution < 1.29 is 4.79 Å². The van der Waals surface area contributed by atoms with Crippen molar-refractivity contribution >= 4 is 6.29 Å². The van der Waals surface area contributed by atoms with Crippen molar-refractivity contribution in [2.75, 3.05) is 0 Å². The molecular weight excluding hydrogens is 196 g/mol. The topological polar surface area (TPSA) is 17.1 Å². The first-order valence-corrected chi connectivity index (χ1v) is 6.18. The molecule has 1 heteroatoms. The molecule has 1 atom stereocenters. The van der Waals surface area contributed by atoms with E-state index in [2.05, 4.69) is 44.2 Å². The van der Waals surface area contributed by atoms with Crippen molar-refractivity contribution in [3.63, 3.8) is 0 Å². The van der Waals surface area contributed by atoms with Gasteiger partial charge >= 0.3 is 0 Å². The highest BCUT2D eigenvalue weighted by Gasteiger charge is 2.01. The fourth-order valence-corrected chi connectivity index (χ4v) is 1.67. The maximum atomic E-state index is 8.81. The number of carbonyl (C=O) groups is 1. The fourth-order valence-electron chi connectivity index (χ4n) is 1.67. The van der Waals surface area contributed by atoms with Crippen LogP contribution >= 0.6 is 0 Å². The fraction of sp³-hybridized carbons (Fsp3) is 0.533. The van der Waals surface area contributed by atoms with Gasteiger partial charge in [-0.1, -0.05) is 63.4 Å². The number of hydrogen-bond acceptors (Lipinski definition) is 1. The summed E-state index contributed by atoms with van der Waals surface area (Å²) in [6.45, 7) is 6.05. The summed E-state index contributed by atoms with van der Waals surface area (Å²) in [6.07, 6.45) is 6.04. The highest BCUT2D eigenvalue weighted by Crippen LogP contribution is 2.13. The van der Waals surface area contributed by atoms with Crippen LogP contribution < -0.4 is 0 Å². The Labute approximate surface area is 99.9 Å². The molecule has 0 fully saturated rings. The predicted octanol–water partition coefficient (Wildman–Crippen LogP) is 4.26. The van der Waals surface area contributed by atoms with Crippen LogP contribution in [0.15, 0.2) is 30.3 Å². The molecule has 0 radical (unpaired) electrons. The molecule has 0 aromatic heterocycles. The molecule has 0 spiro atoms. The SMILES string of the molecule is CC=O.CCCCC(C)Cc1ccccc1. The van der Waals surface area contributed by atoms with Gasteiger partial charge in [-0.25, -0.2) is 0 Å². The molecule has 16 heavy (non-hydrogen) atoms. The molecule has 90 valence electrons. The largest absolute Gasteiger partial charge is 0.304 e. The lowest BCUT2D eigenvalue weighted by molar-refractivity contribution is -0.106. The molecular formula is C15H24O. The summed E-state index contributed by atoms with van der Waals surface area (Å²) in [5.41, 5.74) is 1.48. The second-order valence-corrected chi connectivity index (χ2v) is 4.17. The van der Waals surface area contributed by atoms with Crippen molar-refractivity contribution in [1.29, 1.82) is 0 Å². The molecule has 0 aliphatic rings. The number of benzene rings is 1. The third-order valence-corrected chi connectivity index (χ3v) is 2.48. The van der Waals surface area contributed by atoms with Crippen LogP contribution in [0.3, 0.4) is 0 Å². The molecule has 1 rings (SSSR count). The second-order valence-electron chi connectivity index (χ2n) is 4.17. The molecule has 0 heterocycles. The zero-order valence-corrected chi connectivity index (χ0v) is 10.8. The lowest BCUT2D eigenvalue weighted by Gasteiger charge is -2.10. The number of hydrogen-bond donors (Lipinski definition) is 0. The van der Waals surface area contributed by atoms with E-state index in [1.807, 2.05) is 0 Å². The minimum atomic E-state index is 0.750. The third kappa shape index (κ3) is 8.22. The van der Waals surface area contributed by atoms with Crippen molar-refractivity contribution in [3.05, 3.63) is 35.9 Å².